The molecule has 0 aliphatic carbocycles. The van der Waals surface area contributed by atoms with Crippen LogP contribution in [0.5, 0.6) is 5.88 Å². The van der Waals surface area contributed by atoms with E-state index in [4.69, 9.17) is 9.15 Å². The molecule has 7 heteroatoms. The van der Waals surface area contributed by atoms with E-state index in [1.165, 1.54) is 0 Å². The molecular formula is C19H23IN4O2. The number of rotatable bonds is 5. The maximum atomic E-state index is 5.92. The predicted octanol–water partition coefficient (Wildman–Crippen LogP) is 3.63. The number of nitrogens with one attached hydrogen (secondary N) is 2. The van der Waals surface area contributed by atoms with Crippen LogP contribution in [0.25, 0.3) is 11.0 Å². The second-order valence-corrected chi connectivity index (χ2v) is 5.63. The van der Waals surface area contributed by atoms with E-state index in [0.717, 1.165) is 27.9 Å². The van der Waals surface area contributed by atoms with Gasteiger partial charge in [0.25, 0.3) is 0 Å². The number of nitrogens with zero attached hydrogens (tertiary/aromatic N) is 2. The number of ether oxygens (including phenoxy) is 1. The van der Waals surface area contributed by atoms with Crippen LogP contribution in [0, 0.1) is 6.92 Å². The first-order valence-electron chi connectivity index (χ1n) is 8.11. The molecule has 0 radical (unpaired) electrons. The molecule has 2 N–H and O–H groups in total. The van der Waals surface area contributed by atoms with Crippen molar-refractivity contribution < 1.29 is 9.15 Å². The van der Waals surface area contributed by atoms with Gasteiger partial charge in [-0.15, -0.1) is 24.0 Å². The molecule has 138 valence electrons. The fourth-order valence-corrected chi connectivity index (χ4v) is 2.64. The number of aryl methyl sites for hydroxylation is 1. The zero-order valence-electron chi connectivity index (χ0n) is 15.1. The van der Waals surface area contributed by atoms with Crippen molar-refractivity contribution in [1.29, 1.82) is 0 Å². The molecule has 0 amide bonds. The summed E-state index contributed by atoms with van der Waals surface area (Å²) in [7, 11) is 3.35. The molecule has 3 rings (SSSR count). The normalized spacial score (nSPS) is 11.1. The molecule has 0 bridgehead atoms. The summed E-state index contributed by atoms with van der Waals surface area (Å²) < 4.78 is 11.1. The van der Waals surface area contributed by atoms with Gasteiger partial charge in [-0.05, 0) is 24.6 Å². The van der Waals surface area contributed by atoms with Crippen molar-refractivity contribution in [3.63, 3.8) is 0 Å². The lowest BCUT2D eigenvalue weighted by molar-refractivity contribution is 0.397. The van der Waals surface area contributed by atoms with Crippen molar-refractivity contribution in [2.75, 3.05) is 14.2 Å². The molecular weight excluding hydrogens is 443 g/mol. The van der Waals surface area contributed by atoms with E-state index in [2.05, 4.69) is 33.6 Å². The van der Waals surface area contributed by atoms with Crippen molar-refractivity contribution in [3.8, 4) is 5.88 Å². The van der Waals surface area contributed by atoms with Gasteiger partial charge in [0.05, 0.1) is 13.7 Å². The maximum Gasteiger partial charge on any atom is 0.213 e. The van der Waals surface area contributed by atoms with Gasteiger partial charge in [-0.2, -0.15) is 0 Å². The third-order valence-corrected chi connectivity index (χ3v) is 4.05. The Labute approximate surface area is 170 Å². The Bertz CT molecular complexity index is 892. The minimum atomic E-state index is 0. The zero-order chi connectivity index (χ0) is 17.6. The number of para-hydroxylation sites is 1. The molecule has 2 aromatic heterocycles. The monoisotopic (exact) mass is 466 g/mol. The van der Waals surface area contributed by atoms with Gasteiger partial charge in [-0.3, -0.25) is 4.99 Å². The molecule has 1 aromatic carbocycles. The second kappa shape index (κ2) is 9.42. The van der Waals surface area contributed by atoms with Crippen molar-refractivity contribution >= 4 is 40.9 Å². The van der Waals surface area contributed by atoms with Crippen LogP contribution in [0.15, 0.2) is 52.0 Å². The number of furan rings is 1. The fourth-order valence-electron chi connectivity index (χ4n) is 2.64. The van der Waals surface area contributed by atoms with Crippen LogP contribution in [0.1, 0.15) is 16.9 Å². The lowest BCUT2D eigenvalue weighted by atomic mass is 10.1. The van der Waals surface area contributed by atoms with E-state index < -0.39 is 0 Å². The number of hydrogen-bond acceptors (Lipinski definition) is 4. The topological polar surface area (TPSA) is 71.7 Å². The molecule has 2 heterocycles. The van der Waals surface area contributed by atoms with E-state index in [9.17, 15) is 0 Å². The Morgan fingerprint density at radius 2 is 1.96 bits per heavy atom. The molecule has 0 aliphatic rings. The average Bonchev–Trinajstić information content (AvgIpc) is 2.98. The Kier molecular flexibility index (Phi) is 7.26. The number of benzene rings is 1. The molecule has 3 aromatic rings. The molecule has 0 saturated heterocycles. The molecule has 26 heavy (non-hydrogen) atoms. The maximum absolute atomic E-state index is 5.92. The summed E-state index contributed by atoms with van der Waals surface area (Å²) in [5.74, 6) is 2.21. The molecule has 0 fully saturated rings. The van der Waals surface area contributed by atoms with Crippen LogP contribution in [0.3, 0.4) is 0 Å². The first kappa shape index (κ1) is 20.0. The number of pyridine rings is 1. The van der Waals surface area contributed by atoms with Crippen molar-refractivity contribution in [2.45, 2.75) is 20.0 Å². The standard InChI is InChI=1S/C19H22N4O2.HI/c1-13-15-6-4-5-7-16(15)25-17(13)12-23-19(20-2)22-11-14-8-9-21-18(10-14)24-3;/h4-10H,11-12H2,1-3H3,(H2,20,22,23);1H. The lowest BCUT2D eigenvalue weighted by Gasteiger charge is -2.11. The van der Waals surface area contributed by atoms with E-state index in [1.807, 2.05) is 30.3 Å². The third-order valence-electron chi connectivity index (χ3n) is 4.05. The summed E-state index contributed by atoms with van der Waals surface area (Å²) in [6, 6.07) is 11.9. The molecule has 0 aliphatic heterocycles. The van der Waals surface area contributed by atoms with Gasteiger partial charge < -0.3 is 19.8 Å². The molecule has 0 unspecified atom stereocenters. The van der Waals surface area contributed by atoms with Gasteiger partial charge in [-0.25, -0.2) is 4.98 Å². The Balaban J connectivity index is 0.00000243. The third kappa shape index (κ3) is 4.66. The van der Waals surface area contributed by atoms with E-state index >= 15 is 0 Å². The summed E-state index contributed by atoms with van der Waals surface area (Å²) in [5, 5.41) is 7.70. The summed E-state index contributed by atoms with van der Waals surface area (Å²) >= 11 is 0. The van der Waals surface area contributed by atoms with Crippen LogP contribution >= 0.6 is 24.0 Å². The lowest BCUT2D eigenvalue weighted by Crippen LogP contribution is -2.36. The quantitative estimate of drug-likeness (QED) is 0.342. The number of fused-ring (bicyclic) bond motifs is 1. The van der Waals surface area contributed by atoms with E-state index in [-0.39, 0.29) is 24.0 Å². The number of halogens is 1. The molecule has 0 spiro atoms. The minimum absolute atomic E-state index is 0. The average molecular weight is 466 g/mol. The Morgan fingerprint density at radius 1 is 1.19 bits per heavy atom. The molecule has 0 atom stereocenters. The highest BCUT2D eigenvalue weighted by molar-refractivity contribution is 14.0. The number of methoxy groups -OCH3 is 1. The highest BCUT2D eigenvalue weighted by atomic mass is 127. The van der Waals surface area contributed by atoms with Gasteiger partial charge in [0.2, 0.25) is 5.88 Å². The molecule has 6 nitrogen and oxygen atoms in total. The van der Waals surface area contributed by atoms with Crippen LogP contribution < -0.4 is 15.4 Å². The van der Waals surface area contributed by atoms with Crippen molar-refractivity contribution in [3.05, 3.63) is 59.5 Å². The Hall–Kier alpha value is -2.29. The van der Waals surface area contributed by atoms with E-state index in [1.54, 1.807) is 20.4 Å². The van der Waals surface area contributed by atoms with Crippen molar-refractivity contribution in [2.24, 2.45) is 4.99 Å². The van der Waals surface area contributed by atoms with Gasteiger partial charge in [0.15, 0.2) is 5.96 Å². The highest BCUT2D eigenvalue weighted by Gasteiger charge is 2.10. The summed E-state index contributed by atoms with van der Waals surface area (Å²) in [4.78, 5) is 8.35. The summed E-state index contributed by atoms with van der Waals surface area (Å²) in [6.07, 6.45) is 1.73. The van der Waals surface area contributed by atoms with Crippen LogP contribution in [0.2, 0.25) is 0 Å². The molecule has 0 saturated carbocycles. The van der Waals surface area contributed by atoms with Crippen LogP contribution in [-0.2, 0) is 13.1 Å². The summed E-state index contributed by atoms with van der Waals surface area (Å²) in [6.45, 7) is 3.26. The first-order valence-corrected chi connectivity index (χ1v) is 8.11. The minimum Gasteiger partial charge on any atom is -0.481 e. The summed E-state index contributed by atoms with van der Waals surface area (Å²) in [5.41, 5.74) is 3.12. The number of aliphatic imine (C=N–C) groups is 1. The van der Waals surface area contributed by atoms with Crippen LogP contribution in [-0.4, -0.2) is 25.1 Å². The fraction of sp³-hybridized carbons (Fsp3) is 0.263. The highest BCUT2D eigenvalue weighted by Crippen LogP contribution is 2.24. The smallest absolute Gasteiger partial charge is 0.213 e. The van der Waals surface area contributed by atoms with Gasteiger partial charge >= 0.3 is 0 Å². The largest absolute Gasteiger partial charge is 0.481 e. The second-order valence-electron chi connectivity index (χ2n) is 5.63. The van der Waals surface area contributed by atoms with Crippen LogP contribution in [0.4, 0.5) is 0 Å². The number of hydrogen-bond donors (Lipinski definition) is 2. The van der Waals surface area contributed by atoms with Gasteiger partial charge in [0.1, 0.15) is 11.3 Å². The van der Waals surface area contributed by atoms with Gasteiger partial charge in [0, 0.05) is 36.8 Å². The predicted molar refractivity (Wildman–Crippen MR) is 114 cm³/mol. The Morgan fingerprint density at radius 3 is 2.69 bits per heavy atom. The first-order chi connectivity index (χ1) is 12.2. The SMILES string of the molecule is CN=C(NCc1ccnc(OC)c1)NCc1oc2ccccc2c1C.I. The number of guanidine groups is 1. The number of aromatic nitrogens is 1. The van der Waals surface area contributed by atoms with Gasteiger partial charge in [-0.1, -0.05) is 18.2 Å². The van der Waals surface area contributed by atoms with E-state index in [0.29, 0.717) is 24.9 Å². The van der Waals surface area contributed by atoms with Crippen molar-refractivity contribution in [1.82, 2.24) is 15.6 Å². The zero-order valence-corrected chi connectivity index (χ0v) is 17.4.